The van der Waals surface area contributed by atoms with Crippen molar-refractivity contribution in [2.75, 3.05) is 26.4 Å². The van der Waals surface area contributed by atoms with Gasteiger partial charge in [-0.15, -0.1) is 0 Å². The van der Waals surface area contributed by atoms with Crippen molar-refractivity contribution in [3.63, 3.8) is 0 Å². The average Bonchev–Trinajstić information content (AvgIpc) is 3.30. The van der Waals surface area contributed by atoms with E-state index in [0.29, 0.717) is 6.42 Å². The van der Waals surface area contributed by atoms with Crippen molar-refractivity contribution in [3.8, 4) is 0 Å². The zero-order chi connectivity index (χ0) is 47.7. The third-order valence-corrected chi connectivity index (χ3v) is 12.2. The van der Waals surface area contributed by atoms with E-state index in [-0.39, 0.29) is 18.9 Å². The van der Waals surface area contributed by atoms with Gasteiger partial charge in [0.1, 0.15) is 73.2 Å². The lowest BCUT2D eigenvalue weighted by Gasteiger charge is -2.48. The van der Waals surface area contributed by atoms with Crippen molar-refractivity contribution in [2.24, 2.45) is 0 Å². The molecular formula is C46H83NO18. The molecule has 17 atom stereocenters. The van der Waals surface area contributed by atoms with Crippen LogP contribution in [0.1, 0.15) is 129 Å². The Balaban J connectivity index is 1.53. The second kappa shape index (κ2) is 32.2. The Morgan fingerprint density at radius 1 is 0.538 bits per heavy atom. The van der Waals surface area contributed by atoms with Gasteiger partial charge in [0.25, 0.3) is 0 Å². The molecule has 3 saturated heterocycles. The number of aliphatic hydroxyl groups is 11. The molecule has 12 N–H and O–H groups in total. The number of unbranched alkanes of at least 4 members (excludes halogenated alkanes) is 14. The van der Waals surface area contributed by atoms with Gasteiger partial charge in [0.15, 0.2) is 18.9 Å². The maximum Gasteiger partial charge on any atom is 0.220 e. The number of rotatable bonds is 32. The van der Waals surface area contributed by atoms with E-state index < -0.39 is 124 Å². The first kappa shape index (κ1) is 57.6. The van der Waals surface area contributed by atoms with E-state index in [1.54, 1.807) is 6.08 Å². The van der Waals surface area contributed by atoms with Gasteiger partial charge >= 0.3 is 0 Å². The fourth-order valence-corrected chi connectivity index (χ4v) is 8.12. The predicted molar refractivity (Wildman–Crippen MR) is 236 cm³/mol. The van der Waals surface area contributed by atoms with Crippen molar-refractivity contribution in [1.29, 1.82) is 0 Å². The fourth-order valence-electron chi connectivity index (χ4n) is 8.12. The fraction of sp³-hybridized carbons (Fsp3) is 0.891. The lowest BCUT2D eigenvalue weighted by molar-refractivity contribution is -0.379. The van der Waals surface area contributed by atoms with Crippen LogP contribution in [-0.4, -0.2) is 193 Å². The molecule has 0 saturated carbocycles. The molecule has 0 spiro atoms. The quantitative estimate of drug-likeness (QED) is 0.0322. The van der Waals surface area contributed by atoms with Crippen LogP contribution in [0.15, 0.2) is 24.3 Å². The van der Waals surface area contributed by atoms with E-state index in [0.717, 1.165) is 64.2 Å². The molecule has 0 radical (unpaired) electrons. The van der Waals surface area contributed by atoms with Gasteiger partial charge in [-0.1, -0.05) is 102 Å². The molecule has 3 aliphatic heterocycles. The minimum Gasteiger partial charge on any atom is -0.394 e. The first-order valence-corrected chi connectivity index (χ1v) is 24.1. The maximum atomic E-state index is 13.1. The Bertz CT molecular complexity index is 1310. The van der Waals surface area contributed by atoms with Crippen LogP contribution in [0, 0.1) is 0 Å². The van der Waals surface area contributed by atoms with Crippen LogP contribution < -0.4 is 5.32 Å². The molecule has 19 heteroatoms. The van der Waals surface area contributed by atoms with Crippen molar-refractivity contribution < 1.29 is 89.4 Å². The zero-order valence-corrected chi connectivity index (χ0v) is 38.5. The second-order valence-corrected chi connectivity index (χ2v) is 17.6. The van der Waals surface area contributed by atoms with E-state index in [9.17, 15) is 61.0 Å². The predicted octanol–water partition coefficient (Wildman–Crippen LogP) is 0.471. The summed E-state index contributed by atoms with van der Waals surface area (Å²) in [5.41, 5.74) is 0. The highest BCUT2D eigenvalue weighted by Gasteiger charge is 2.53. The molecule has 3 heterocycles. The van der Waals surface area contributed by atoms with Gasteiger partial charge in [0, 0.05) is 6.42 Å². The number of ether oxygens (including phenoxy) is 6. The number of hydrogen-bond donors (Lipinski definition) is 12. The Morgan fingerprint density at radius 3 is 1.52 bits per heavy atom. The number of nitrogens with one attached hydrogen (secondary N) is 1. The summed E-state index contributed by atoms with van der Waals surface area (Å²) in [6.45, 7) is 1.53. The van der Waals surface area contributed by atoms with E-state index >= 15 is 0 Å². The third-order valence-electron chi connectivity index (χ3n) is 12.2. The van der Waals surface area contributed by atoms with Gasteiger partial charge in [0.05, 0.1) is 38.6 Å². The highest BCUT2D eigenvalue weighted by molar-refractivity contribution is 5.76. The summed E-state index contributed by atoms with van der Waals surface area (Å²) in [4.78, 5) is 13.1. The summed E-state index contributed by atoms with van der Waals surface area (Å²) >= 11 is 0. The molecule has 0 aromatic rings. The molecule has 3 rings (SSSR count). The van der Waals surface area contributed by atoms with Crippen LogP contribution in [0.3, 0.4) is 0 Å². The number of carbonyl (C=O) groups excluding carboxylic acids is 1. The summed E-state index contributed by atoms with van der Waals surface area (Å²) < 4.78 is 33.9. The largest absolute Gasteiger partial charge is 0.394 e. The SMILES string of the molecule is CCCCC/C=C/C(O)C(COC1OC(CO)C(OC2OC(CO)C(OC3OC(CO)C(O)C(O)C3O)C(O)C2O)C(O)C1O)NC(=O)CCCCCCC/C=C\CCCCCCCC. The van der Waals surface area contributed by atoms with E-state index in [4.69, 9.17) is 28.4 Å². The first-order valence-electron chi connectivity index (χ1n) is 24.1. The maximum absolute atomic E-state index is 13.1. The van der Waals surface area contributed by atoms with Crippen LogP contribution >= 0.6 is 0 Å². The summed E-state index contributed by atoms with van der Waals surface area (Å²) in [6.07, 6.45) is -0.273. The van der Waals surface area contributed by atoms with E-state index in [1.165, 1.54) is 38.5 Å². The molecule has 65 heavy (non-hydrogen) atoms. The summed E-state index contributed by atoms with van der Waals surface area (Å²) in [6, 6.07) is -0.969. The van der Waals surface area contributed by atoms with Crippen molar-refractivity contribution >= 4 is 5.91 Å². The van der Waals surface area contributed by atoms with Crippen LogP contribution in [0.5, 0.6) is 0 Å². The van der Waals surface area contributed by atoms with Crippen LogP contribution in [0.4, 0.5) is 0 Å². The number of amides is 1. The molecule has 380 valence electrons. The van der Waals surface area contributed by atoms with Crippen LogP contribution in [-0.2, 0) is 33.2 Å². The highest BCUT2D eigenvalue weighted by Crippen LogP contribution is 2.33. The Hall–Kier alpha value is -1.73. The normalized spacial score (nSPS) is 34.3. The minimum atomic E-state index is -1.97. The molecule has 1 amide bonds. The minimum absolute atomic E-state index is 0.232. The standard InChI is InChI=1S/C46H83NO18/c1-3-5-7-9-10-11-12-13-14-15-16-17-18-20-22-24-34(52)47-29(30(51)23-21-19-8-6-4-2)28-60-44-40(58)37(55)42(32(26-49)62-44)65-46-41(59)38(56)43(33(27-50)63-46)64-45-39(57)36(54)35(53)31(25-48)61-45/h13-14,21,23,29-33,35-46,48-51,53-59H,3-12,15-20,22,24-28H2,1-2H3,(H,47,52)/b14-13-,23-21+. The van der Waals surface area contributed by atoms with Crippen molar-refractivity contribution in [3.05, 3.63) is 24.3 Å². The van der Waals surface area contributed by atoms with Crippen molar-refractivity contribution in [2.45, 2.75) is 234 Å². The molecule has 0 bridgehead atoms. The van der Waals surface area contributed by atoms with Gasteiger partial charge in [-0.2, -0.15) is 0 Å². The molecule has 19 nitrogen and oxygen atoms in total. The van der Waals surface area contributed by atoms with E-state index in [2.05, 4.69) is 31.3 Å². The molecule has 3 aliphatic rings. The van der Waals surface area contributed by atoms with Gasteiger partial charge in [0.2, 0.25) is 5.91 Å². The number of hydrogen-bond acceptors (Lipinski definition) is 18. The summed E-state index contributed by atoms with van der Waals surface area (Å²) in [5.74, 6) is -0.295. The lowest BCUT2D eigenvalue weighted by Crippen LogP contribution is -2.66. The monoisotopic (exact) mass is 938 g/mol. The molecule has 0 aromatic carbocycles. The Kier molecular flexibility index (Phi) is 28.5. The van der Waals surface area contributed by atoms with Gasteiger partial charge in [-0.25, -0.2) is 0 Å². The van der Waals surface area contributed by atoms with Crippen molar-refractivity contribution in [1.82, 2.24) is 5.32 Å². The lowest BCUT2D eigenvalue weighted by atomic mass is 9.96. The van der Waals surface area contributed by atoms with Gasteiger partial charge < -0.3 is 89.9 Å². The third kappa shape index (κ3) is 18.9. The number of allylic oxidation sites excluding steroid dienone is 3. The van der Waals surface area contributed by atoms with E-state index in [1.807, 2.05) is 6.08 Å². The molecule has 0 aromatic heterocycles. The van der Waals surface area contributed by atoms with Gasteiger partial charge in [-0.3, -0.25) is 4.79 Å². The molecule has 0 aliphatic carbocycles. The topological polar surface area (TPSA) is 307 Å². The van der Waals surface area contributed by atoms with Crippen LogP contribution in [0.2, 0.25) is 0 Å². The second-order valence-electron chi connectivity index (χ2n) is 17.6. The van der Waals surface area contributed by atoms with Gasteiger partial charge in [-0.05, 0) is 44.9 Å². The zero-order valence-electron chi connectivity index (χ0n) is 38.5. The Labute approximate surface area is 384 Å². The summed E-state index contributed by atoms with van der Waals surface area (Å²) in [5, 5.41) is 119. The summed E-state index contributed by atoms with van der Waals surface area (Å²) in [7, 11) is 0. The number of aliphatic hydroxyl groups excluding tert-OH is 11. The average molecular weight is 938 g/mol. The Morgan fingerprint density at radius 2 is 0.969 bits per heavy atom. The van der Waals surface area contributed by atoms with Crippen LogP contribution in [0.25, 0.3) is 0 Å². The first-order chi connectivity index (χ1) is 31.3. The smallest absolute Gasteiger partial charge is 0.220 e. The molecule has 17 unspecified atom stereocenters. The highest BCUT2D eigenvalue weighted by atomic mass is 16.8. The molecule has 3 fully saturated rings. The number of carbonyl (C=O) groups is 1. The molecular weight excluding hydrogens is 854 g/mol.